The van der Waals surface area contributed by atoms with Gasteiger partial charge >= 0.3 is 0 Å². The molecule has 1 fully saturated rings. The van der Waals surface area contributed by atoms with Gasteiger partial charge in [0.05, 0.1) is 25.5 Å². The molecule has 1 aromatic carbocycles. The zero-order valence-electron chi connectivity index (χ0n) is 15.4. The van der Waals surface area contributed by atoms with E-state index in [-0.39, 0.29) is 11.9 Å². The summed E-state index contributed by atoms with van der Waals surface area (Å²) in [7, 11) is 0. The van der Waals surface area contributed by atoms with Crippen molar-refractivity contribution in [1.82, 2.24) is 10.2 Å². The summed E-state index contributed by atoms with van der Waals surface area (Å²) in [6.45, 7) is 6.05. The highest BCUT2D eigenvalue weighted by molar-refractivity contribution is 5.76. The smallest absolute Gasteiger partial charge is 0.220 e. The number of hydrogen-bond donors (Lipinski definition) is 1. The molecule has 1 aliphatic rings. The highest BCUT2D eigenvalue weighted by Crippen LogP contribution is 2.22. The molecule has 0 aliphatic carbocycles. The molecule has 5 nitrogen and oxygen atoms in total. The molecule has 0 radical (unpaired) electrons. The highest BCUT2D eigenvalue weighted by atomic mass is 16.5. The van der Waals surface area contributed by atoms with Gasteiger partial charge in [0.25, 0.3) is 0 Å². The molecule has 2 aromatic rings. The molecule has 26 heavy (non-hydrogen) atoms. The normalized spacial score (nSPS) is 16.3. The van der Waals surface area contributed by atoms with Gasteiger partial charge < -0.3 is 14.5 Å². The molecular formula is C21H28N2O3. The number of rotatable bonds is 8. The Hall–Kier alpha value is -2.11. The van der Waals surface area contributed by atoms with Gasteiger partial charge in [-0.3, -0.25) is 9.69 Å². The number of benzene rings is 1. The topological polar surface area (TPSA) is 54.7 Å². The molecule has 0 spiro atoms. The second-order valence-electron chi connectivity index (χ2n) is 6.64. The standard InChI is InChI=1S/C21H28N2O3/c1-2-17-5-7-18(8-6-17)20(23-11-14-25-15-12-23)16-22-21(24)10-9-19-4-3-13-26-19/h3-8,13,20H,2,9-12,14-16H2,1H3,(H,22,24). The minimum absolute atomic E-state index is 0.0600. The first kappa shape index (κ1) is 18.7. The zero-order valence-corrected chi connectivity index (χ0v) is 15.4. The Morgan fingerprint density at radius 1 is 1.19 bits per heavy atom. The maximum absolute atomic E-state index is 12.3. The van der Waals surface area contributed by atoms with Crippen LogP contribution in [0.1, 0.15) is 36.3 Å². The van der Waals surface area contributed by atoms with E-state index in [0.717, 1.165) is 38.5 Å². The van der Waals surface area contributed by atoms with E-state index in [0.29, 0.717) is 19.4 Å². The molecule has 1 aromatic heterocycles. The summed E-state index contributed by atoms with van der Waals surface area (Å²) in [6.07, 6.45) is 3.75. The van der Waals surface area contributed by atoms with Crippen molar-refractivity contribution in [3.05, 3.63) is 59.5 Å². The third kappa shape index (κ3) is 5.19. The van der Waals surface area contributed by atoms with Gasteiger partial charge in [0, 0.05) is 32.5 Å². The molecule has 1 atom stereocenters. The van der Waals surface area contributed by atoms with Crippen LogP contribution in [0.25, 0.3) is 0 Å². The number of morpholine rings is 1. The molecule has 1 amide bonds. The molecule has 140 valence electrons. The molecule has 1 N–H and O–H groups in total. The van der Waals surface area contributed by atoms with Crippen molar-refractivity contribution in [1.29, 1.82) is 0 Å². The molecule has 0 bridgehead atoms. The predicted molar refractivity (Wildman–Crippen MR) is 101 cm³/mol. The monoisotopic (exact) mass is 356 g/mol. The fourth-order valence-corrected chi connectivity index (χ4v) is 3.31. The Balaban J connectivity index is 1.59. The number of hydrogen-bond acceptors (Lipinski definition) is 4. The number of carbonyl (C=O) groups is 1. The number of carbonyl (C=O) groups excluding carboxylic acids is 1. The predicted octanol–water partition coefficient (Wildman–Crippen LogP) is 2.96. The first-order chi connectivity index (χ1) is 12.8. The third-order valence-electron chi connectivity index (χ3n) is 4.93. The molecule has 1 saturated heterocycles. The van der Waals surface area contributed by atoms with E-state index in [2.05, 4.69) is 41.4 Å². The van der Waals surface area contributed by atoms with Gasteiger partial charge in [0.15, 0.2) is 0 Å². The van der Waals surface area contributed by atoms with E-state index < -0.39 is 0 Å². The van der Waals surface area contributed by atoms with Crippen molar-refractivity contribution >= 4 is 5.91 Å². The van der Waals surface area contributed by atoms with Gasteiger partial charge in [-0.2, -0.15) is 0 Å². The number of aryl methyl sites for hydroxylation is 2. The SMILES string of the molecule is CCc1ccc(C(CNC(=O)CCc2ccco2)N2CCOCC2)cc1. The van der Waals surface area contributed by atoms with Crippen molar-refractivity contribution in [2.24, 2.45) is 0 Å². The summed E-state index contributed by atoms with van der Waals surface area (Å²) in [5.74, 6) is 0.907. The third-order valence-corrected chi connectivity index (χ3v) is 4.93. The summed E-state index contributed by atoms with van der Waals surface area (Å²) in [6, 6.07) is 12.7. The molecule has 3 rings (SSSR count). The van der Waals surface area contributed by atoms with Gasteiger partial charge in [-0.05, 0) is 29.7 Å². The number of furan rings is 1. The van der Waals surface area contributed by atoms with Crippen LogP contribution >= 0.6 is 0 Å². The average molecular weight is 356 g/mol. The van der Waals surface area contributed by atoms with Crippen molar-refractivity contribution in [2.75, 3.05) is 32.8 Å². The summed E-state index contributed by atoms with van der Waals surface area (Å²) < 4.78 is 10.8. The van der Waals surface area contributed by atoms with Crippen LogP contribution in [-0.2, 0) is 22.4 Å². The fourth-order valence-electron chi connectivity index (χ4n) is 3.31. The van der Waals surface area contributed by atoms with Crippen LogP contribution in [0.2, 0.25) is 0 Å². The highest BCUT2D eigenvalue weighted by Gasteiger charge is 2.23. The van der Waals surface area contributed by atoms with E-state index in [1.54, 1.807) is 6.26 Å². The van der Waals surface area contributed by atoms with Crippen LogP contribution in [0.5, 0.6) is 0 Å². The van der Waals surface area contributed by atoms with Crippen LogP contribution < -0.4 is 5.32 Å². The Bertz CT molecular complexity index is 661. The van der Waals surface area contributed by atoms with E-state index >= 15 is 0 Å². The summed E-state index contributed by atoms with van der Waals surface area (Å²) in [4.78, 5) is 14.7. The van der Waals surface area contributed by atoms with Crippen LogP contribution in [-0.4, -0.2) is 43.7 Å². The molecule has 1 unspecified atom stereocenters. The van der Waals surface area contributed by atoms with Crippen LogP contribution in [0.4, 0.5) is 0 Å². The van der Waals surface area contributed by atoms with Gasteiger partial charge in [-0.15, -0.1) is 0 Å². The molecule has 1 aliphatic heterocycles. The minimum Gasteiger partial charge on any atom is -0.469 e. The lowest BCUT2D eigenvalue weighted by molar-refractivity contribution is -0.121. The molecular weight excluding hydrogens is 328 g/mol. The Morgan fingerprint density at radius 2 is 1.96 bits per heavy atom. The number of ether oxygens (including phenoxy) is 1. The Kier molecular flexibility index (Phi) is 6.86. The fraction of sp³-hybridized carbons (Fsp3) is 0.476. The van der Waals surface area contributed by atoms with Crippen LogP contribution in [0.15, 0.2) is 47.1 Å². The minimum atomic E-state index is 0.0600. The Labute approximate surface area is 155 Å². The lowest BCUT2D eigenvalue weighted by Crippen LogP contribution is -2.43. The maximum atomic E-state index is 12.3. The lowest BCUT2D eigenvalue weighted by Gasteiger charge is -2.35. The van der Waals surface area contributed by atoms with Gasteiger partial charge in [-0.1, -0.05) is 31.2 Å². The van der Waals surface area contributed by atoms with Gasteiger partial charge in [0.1, 0.15) is 5.76 Å². The number of amides is 1. The summed E-state index contributed by atoms with van der Waals surface area (Å²) in [5.41, 5.74) is 2.58. The second kappa shape index (κ2) is 9.55. The quantitative estimate of drug-likeness (QED) is 0.790. The first-order valence-corrected chi connectivity index (χ1v) is 9.46. The molecule has 0 saturated carbocycles. The average Bonchev–Trinajstić information content (AvgIpc) is 3.21. The van der Waals surface area contributed by atoms with E-state index in [1.165, 1.54) is 11.1 Å². The van der Waals surface area contributed by atoms with Gasteiger partial charge in [-0.25, -0.2) is 0 Å². The lowest BCUT2D eigenvalue weighted by atomic mass is 10.0. The number of nitrogens with zero attached hydrogens (tertiary/aromatic N) is 1. The Morgan fingerprint density at radius 3 is 2.62 bits per heavy atom. The maximum Gasteiger partial charge on any atom is 0.220 e. The van der Waals surface area contributed by atoms with Crippen LogP contribution in [0.3, 0.4) is 0 Å². The summed E-state index contributed by atoms with van der Waals surface area (Å²) >= 11 is 0. The van der Waals surface area contributed by atoms with Crippen molar-refractivity contribution in [2.45, 2.75) is 32.2 Å². The van der Waals surface area contributed by atoms with Crippen LogP contribution in [0, 0.1) is 0 Å². The molecule has 2 heterocycles. The van der Waals surface area contributed by atoms with Crippen molar-refractivity contribution in [3.63, 3.8) is 0 Å². The van der Waals surface area contributed by atoms with Crippen molar-refractivity contribution in [3.8, 4) is 0 Å². The second-order valence-corrected chi connectivity index (χ2v) is 6.64. The van der Waals surface area contributed by atoms with Crippen molar-refractivity contribution < 1.29 is 13.9 Å². The van der Waals surface area contributed by atoms with E-state index in [4.69, 9.17) is 9.15 Å². The van der Waals surface area contributed by atoms with Gasteiger partial charge in [0.2, 0.25) is 5.91 Å². The van der Waals surface area contributed by atoms with E-state index in [1.807, 2.05) is 12.1 Å². The van der Waals surface area contributed by atoms with E-state index in [9.17, 15) is 4.79 Å². The first-order valence-electron chi connectivity index (χ1n) is 9.46. The summed E-state index contributed by atoms with van der Waals surface area (Å²) in [5, 5.41) is 3.11. The number of nitrogens with one attached hydrogen (secondary N) is 1. The zero-order chi connectivity index (χ0) is 18.2. The largest absolute Gasteiger partial charge is 0.469 e. The molecule has 5 heteroatoms.